The first-order chi connectivity index (χ1) is 15.1. The van der Waals surface area contributed by atoms with Gasteiger partial charge in [0, 0.05) is 65.1 Å². The monoisotopic (exact) mass is 432 g/mol. The van der Waals surface area contributed by atoms with Crippen molar-refractivity contribution in [2.75, 3.05) is 71.0 Å². The third kappa shape index (κ3) is 6.93. The lowest BCUT2D eigenvalue weighted by Crippen LogP contribution is -2.52. The number of hydrogen-bond donors (Lipinski definition) is 1. The maximum atomic E-state index is 12.5. The third-order valence-electron chi connectivity index (χ3n) is 5.52. The second kappa shape index (κ2) is 11.7. The summed E-state index contributed by atoms with van der Waals surface area (Å²) in [6.45, 7) is 4.79. The largest absolute Gasteiger partial charge is 0.484 e. The van der Waals surface area contributed by atoms with E-state index in [4.69, 9.17) is 9.47 Å². The highest BCUT2D eigenvalue weighted by atomic mass is 16.5. The molecule has 2 fully saturated rings. The quantitative estimate of drug-likeness (QED) is 0.541. The molecule has 31 heavy (non-hydrogen) atoms. The molecule has 9 heteroatoms. The van der Waals surface area contributed by atoms with Crippen molar-refractivity contribution in [2.24, 2.45) is 0 Å². The molecule has 3 rings (SSSR count). The highest BCUT2D eigenvalue weighted by Gasteiger charge is 2.23. The first kappa shape index (κ1) is 23.0. The van der Waals surface area contributed by atoms with E-state index in [1.165, 1.54) is 0 Å². The number of benzene rings is 1. The number of carbonyl (C=O) groups is 3. The Kier molecular flexibility index (Phi) is 8.66. The van der Waals surface area contributed by atoms with Crippen molar-refractivity contribution in [1.82, 2.24) is 15.1 Å². The summed E-state index contributed by atoms with van der Waals surface area (Å²) in [6, 6.07) is 7.28. The van der Waals surface area contributed by atoms with E-state index in [0.717, 1.165) is 25.1 Å². The molecule has 0 bridgehead atoms. The Morgan fingerprint density at radius 1 is 1.06 bits per heavy atom. The maximum Gasteiger partial charge on any atom is 0.260 e. The smallest absolute Gasteiger partial charge is 0.260 e. The Bertz CT molecular complexity index is 747. The van der Waals surface area contributed by atoms with Crippen molar-refractivity contribution in [3.63, 3.8) is 0 Å². The molecule has 2 saturated heterocycles. The molecule has 9 nitrogen and oxygen atoms in total. The van der Waals surface area contributed by atoms with Gasteiger partial charge in [0.1, 0.15) is 5.75 Å². The van der Waals surface area contributed by atoms with E-state index in [0.29, 0.717) is 58.0 Å². The number of piperazine rings is 1. The first-order valence-corrected chi connectivity index (χ1v) is 10.9. The minimum atomic E-state index is -0.0672. The van der Waals surface area contributed by atoms with Crippen LogP contribution in [-0.2, 0) is 19.1 Å². The summed E-state index contributed by atoms with van der Waals surface area (Å²) in [6.07, 6.45) is 2.28. The molecule has 170 valence electrons. The summed E-state index contributed by atoms with van der Waals surface area (Å²) in [4.78, 5) is 41.8. The number of ether oxygens (including phenoxy) is 2. The molecule has 1 N–H and O–H groups in total. The summed E-state index contributed by atoms with van der Waals surface area (Å²) in [7, 11) is 1.64. The van der Waals surface area contributed by atoms with Gasteiger partial charge in [0.05, 0.1) is 6.54 Å². The summed E-state index contributed by atoms with van der Waals surface area (Å²) in [5.41, 5.74) is 0.861. The molecular formula is C22H32N4O5. The highest BCUT2D eigenvalue weighted by Crippen LogP contribution is 2.23. The third-order valence-corrected chi connectivity index (χ3v) is 5.52. The van der Waals surface area contributed by atoms with E-state index in [2.05, 4.69) is 10.2 Å². The van der Waals surface area contributed by atoms with Gasteiger partial charge in [-0.2, -0.15) is 0 Å². The first-order valence-electron chi connectivity index (χ1n) is 10.9. The fourth-order valence-electron chi connectivity index (χ4n) is 3.74. The number of anilines is 1. The number of rotatable bonds is 10. The van der Waals surface area contributed by atoms with Gasteiger partial charge in [0.15, 0.2) is 6.61 Å². The molecule has 1 aromatic carbocycles. The van der Waals surface area contributed by atoms with Gasteiger partial charge >= 0.3 is 0 Å². The lowest BCUT2D eigenvalue weighted by molar-refractivity contribution is -0.135. The molecule has 0 unspecified atom stereocenters. The number of carbonyl (C=O) groups excluding carboxylic acids is 3. The molecule has 0 spiro atoms. The van der Waals surface area contributed by atoms with Crippen LogP contribution < -0.4 is 15.0 Å². The Balaban J connectivity index is 1.34. The summed E-state index contributed by atoms with van der Waals surface area (Å²) in [5.74, 6) is 0.680. The Hall–Kier alpha value is -2.65. The molecule has 0 aliphatic carbocycles. The minimum Gasteiger partial charge on any atom is -0.484 e. The van der Waals surface area contributed by atoms with Gasteiger partial charge in [0.25, 0.3) is 5.91 Å². The van der Waals surface area contributed by atoms with Gasteiger partial charge in [-0.3, -0.25) is 19.3 Å². The molecular weight excluding hydrogens is 400 g/mol. The van der Waals surface area contributed by atoms with Crippen LogP contribution in [0.25, 0.3) is 0 Å². The Morgan fingerprint density at radius 2 is 1.81 bits per heavy atom. The van der Waals surface area contributed by atoms with Crippen molar-refractivity contribution in [1.29, 1.82) is 0 Å². The molecule has 1 aromatic rings. The minimum absolute atomic E-state index is 0.00158. The molecule has 2 aliphatic heterocycles. The van der Waals surface area contributed by atoms with Crippen molar-refractivity contribution in [2.45, 2.75) is 19.3 Å². The van der Waals surface area contributed by atoms with E-state index < -0.39 is 0 Å². The number of amides is 3. The highest BCUT2D eigenvalue weighted by molar-refractivity contribution is 5.95. The molecule has 0 aromatic heterocycles. The van der Waals surface area contributed by atoms with Gasteiger partial charge in [-0.15, -0.1) is 0 Å². The lowest BCUT2D eigenvalue weighted by Gasteiger charge is -2.34. The second-order valence-electron chi connectivity index (χ2n) is 7.78. The average Bonchev–Trinajstić information content (AvgIpc) is 3.22. The topological polar surface area (TPSA) is 91.4 Å². The fraction of sp³-hybridized carbons (Fsp3) is 0.591. The van der Waals surface area contributed by atoms with Crippen LogP contribution in [0.1, 0.15) is 19.3 Å². The van der Waals surface area contributed by atoms with Crippen LogP contribution in [-0.4, -0.2) is 93.7 Å². The van der Waals surface area contributed by atoms with Crippen LogP contribution in [0, 0.1) is 0 Å². The van der Waals surface area contributed by atoms with Crippen LogP contribution in [0.4, 0.5) is 5.69 Å². The standard InChI is InChI=1S/C22H32N4O5/c1-30-15-3-9-23-20(27)16-24-11-13-25(14-12-24)22(29)17-31-19-7-5-18(6-8-19)26-10-2-4-21(26)28/h5-8H,2-4,9-17H2,1H3,(H,23,27). The lowest BCUT2D eigenvalue weighted by atomic mass is 10.3. The molecule has 0 radical (unpaired) electrons. The molecule has 2 heterocycles. The van der Waals surface area contributed by atoms with Crippen molar-refractivity contribution in [3.05, 3.63) is 24.3 Å². The van der Waals surface area contributed by atoms with Gasteiger partial charge in [0.2, 0.25) is 11.8 Å². The molecule has 0 saturated carbocycles. The van der Waals surface area contributed by atoms with E-state index in [9.17, 15) is 14.4 Å². The summed E-state index contributed by atoms with van der Waals surface area (Å²) < 4.78 is 10.6. The average molecular weight is 433 g/mol. The normalized spacial score (nSPS) is 17.1. The zero-order chi connectivity index (χ0) is 22.1. The molecule has 3 amide bonds. The number of methoxy groups -OCH3 is 1. The fourth-order valence-corrected chi connectivity index (χ4v) is 3.74. The van der Waals surface area contributed by atoms with E-state index in [1.807, 2.05) is 12.1 Å². The van der Waals surface area contributed by atoms with Gasteiger partial charge < -0.3 is 24.6 Å². The zero-order valence-electron chi connectivity index (χ0n) is 18.2. The Morgan fingerprint density at radius 3 is 2.45 bits per heavy atom. The number of nitrogens with one attached hydrogen (secondary N) is 1. The number of nitrogens with zero attached hydrogens (tertiary/aromatic N) is 3. The van der Waals surface area contributed by atoms with Crippen LogP contribution in [0.2, 0.25) is 0 Å². The molecule has 2 aliphatic rings. The second-order valence-corrected chi connectivity index (χ2v) is 7.78. The van der Waals surface area contributed by atoms with Crippen LogP contribution in [0.5, 0.6) is 5.75 Å². The van der Waals surface area contributed by atoms with Gasteiger partial charge in [-0.05, 0) is 37.1 Å². The van der Waals surface area contributed by atoms with Crippen LogP contribution >= 0.6 is 0 Å². The predicted octanol–water partition coefficient (Wildman–Crippen LogP) is 0.489. The maximum absolute atomic E-state index is 12.5. The Labute approximate surface area is 183 Å². The summed E-state index contributed by atoms with van der Waals surface area (Å²) in [5, 5.41) is 2.88. The molecule has 0 atom stereocenters. The van der Waals surface area contributed by atoms with E-state index in [1.54, 1.807) is 29.0 Å². The number of hydrogen-bond acceptors (Lipinski definition) is 6. The predicted molar refractivity (Wildman–Crippen MR) is 116 cm³/mol. The van der Waals surface area contributed by atoms with Crippen molar-refractivity contribution >= 4 is 23.4 Å². The van der Waals surface area contributed by atoms with E-state index in [-0.39, 0.29) is 24.3 Å². The van der Waals surface area contributed by atoms with Crippen molar-refractivity contribution in [3.8, 4) is 5.75 Å². The SMILES string of the molecule is COCCCNC(=O)CN1CCN(C(=O)COc2ccc(N3CCCC3=O)cc2)CC1. The van der Waals surface area contributed by atoms with Crippen LogP contribution in [0.3, 0.4) is 0 Å². The van der Waals surface area contributed by atoms with E-state index >= 15 is 0 Å². The zero-order valence-corrected chi connectivity index (χ0v) is 18.2. The van der Waals surface area contributed by atoms with Crippen molar-refractivity contribution < 1.29 is 23.9 Å². The van der Waals surface area contributed by atoms with Crippen LogP contribution in [0.15, 0.2) is 24.3 Å². The van der Waals surface area contributed by atoms with Gasteiger partial charge in [-0.25, -0.2) is 0 Å². The van der Waals surface area contributed by atoms with Gasteiger partial charge in [-0.1, -0.05) is 0 Å². The summed E-state index contributed by atoms with van der Waals surface area (Å²) >= 11 is 0.